The monoisotopic (exact) mass is 192 g/mol. The Labute approximate surface area is 83.9 Å². The maximum atomic E-state index is 5.55. The zero-order valence-corrected chi connectivity index (χ0v) is 8.35. The van der Waals surface area contributed by atoms with Crippen molar-refractivity contribution >= 4 is 0 Å². The summed E-state index contributed by atoms with van der Waals surface area (Å²) in [7, 11) is 0. The molecule has 3 N–H and O–H groups in total. The van der Waals surface area contributed by atoms with Gasteiger partial charge in [-0.2, -0.15) is 0 Å². The van der Waals surface area contributed by atoms with Crippen LogP contribution >= 0.6 is 0 Å². The quantitative estimate of drug-likeness (QED) is 0.552. The van der Waals surface area contributed by atoms with Crippen LogP contribution in [0.25, 0.3) is 0 Å². The summed E-state index contributed by atoms with van der Waals surface area (Å²) in [5.41, 5.74) is 3.78. The fourth-order valence-electron chi connectivity index (χ4n) is 1.87. The molecule has 2 atom stereocenters. The van der Waals surface area contributed by atoms with Gasteiger partial charge in [-0.05, 0) is 24.7 Å². The topological polar surface area (TPSA) is 63.8 Å². The molecule has 1 aromatic rings. The summed E-state index contributed by atoms with van der Waals surface area (Å²) in [6.07, 6.45) is 7.81. The standard InChI is InChI=1S/C10H16N4/c1-7(8-2-3-8)10(14-11)9-6-12-4-5-13-9/h4-8,10,14H,2-3,11H2,1H3. The second kappa shape index (κ2) is 4.02. The Morgan fingerprint density at radius 3 is 2.79 bits per heavy atom. The van der Waals surface area contributed by atoms with E-state index in [9.17, 15) is 0 Å². The highest BCUT2D eigenvalue weighted by atomic mass is 15.2. The van der Waals surface area contributed by atoms with E-state index in [1.807, 2.05) is 0 Å². The molecule has 0 spiro atoms. The molecule has 4 nitrogen and oxygen atoms in total. The molecule has 0 aromatic carbocycles. The summed E-state index contributed by atoms with van der Waals surface area (Å²) in [4.78, 5) is 8.33. The summed E-state index contributed by atoms with van der Waals surface area (Å²) in [5.74, 6) is 6.90. The van der Waals surface area contributed by atoms with Gasteiger partial charge in [0.25, 0.3) is 0 Å². The molecule has 1 aliphatic rings. The SMILES string of the molecule is CC(C1CC1)C(NN)c1cnccn1. The Morgan fingerprint density at radius 1 is 1.50 bits per heavy atom. The molecule has 14 heavy (non-hydrogen) atoms. The zero-order chi connectivity index (χ0) is 9.97. The van der Waals surface area contributed by atoms with Gasteiger partial charge in [0.2, 0.25) is 0 Å². The molecule has 1 aliphatic carbocycles. The third-order valence-corrected chi connectivity index (χ3v) is 2.97. The van der Waals surface area contributed by atoms with Crippen molar-refractivity contribution < 1.29 is 0 Å². The first-order valence-corrected chi connectivity index (χ1v) is 5.05. The average molecular weight is 192 g/mol. The minimum Gasteiger partial charge on any atom is -0.271 e. The largest absolute Gasteiger partial charge is 0.271 e. The number of nitrogens with zero attached hydrogens (tertiary/aromatic N) is 2. The van der Waals surface area contributed by atoms with Crippen LogP contribution in [-0.2, 0) is 0 Å². The van der Waals surface area contributed by atoms with Gasteiger partial charge < -0.3 is 0 Å². The van der Waals surface area contributed by atoms with E-state index < -0.39 is 0 Å². The van der Waals surface area contributed by atoms with E-state index in [0.29, 0.717) is 5.92 Å². The number of rotatable bonds is 4. The van der Waals surface area contributed by atoms with Crippen LogP contribution in [-0.4, -0.2) is 9.97 Å². The molecule has 2 unspecified atom stereocenters. The zero-order valence-electron chi connectivity index (χ0n) is 8.35. The van der Waals surface area contributed by atoms with Crippen LogP contribution < -0.4 is 11.3 Å². The van der Waals surface area contributed by atoms with Crippen molar-refractivity contribution in [1.82, 2.24) is 15.4 Å². The molecule has 0 saturated heterocycles. The maximum Gasteiger partial charge on any atom is 0.0772 e. The molecule has 1 saturated carbocycles. The minimum atomic E-state index is 0.135. The van der Waals surface area contributed by atoms with Crippen LogP contribution in [0.1, 0.15) is 31.5 Å². The summed E-state index contributed by atoms with van der Waals surface area (Å²) < 4.78 is 0. The van der Waals surface area contributed by atoms with E-state index in [1.165, 1.54) is 12.8 Å². The normalized spacial score (nSPS) is 20.4. The highest BCUT2D eigenvalue weighted by Crippen LogP contribution is 2.41. The Bertz CT molecular complexity index is 283. The molecular weight excluding hydrogens is 176 g/mol. The van der Waals surface area contributed by atoms with Crippen molar-refractivity contribution in [1.29, 1.82) is 0 Å². The Balaban J connectivity index is 2.12. The van der Waals surface area contributed by atoms with Crippen molar-refractivity contribution in [3.05, 3.63) is 24.3 Å². The molecule has 0 aliphatic heterocycles. The van der Waals surface area contributed by atoms with Crippen LogP contribution in [0.2, 0.25) is 0 Å². The van der Waals surface area contributed by atoms with Gasteiger partial charge in [0, 0.05) is 12.4 Å². The molecule has 76 valence electrons. The number of aromatic nitrogens is 2. The van der Waals surface area contributed by atoms with Crippen LogP contribution in [0.4, 0.5) is 0 Å². The number of nitrogens with two attached hydrogens (primary N) is 1. The maximum absolute atomic E-state index is 5.55. The van der Waals surface area contributed by atoms with Crippen molar-refractivity contribution in [3.63, 3.8) is 0 Å². The molecule has 0 bridgehead atoms. The predicted octanol–water partition coefficient (Wildman–Crippen LogP) is 1.03. The van der Waals surface area contributed by atoms with E-state index in [-0.39, 0.29) is 6.04 Å². The lowest BCUT2D eigenvalue weighted by atomic mass is 9.95. The third-order valence-electron chi connectivity index (χ3n) is 2.97. The van der Waals surface area contributed by atoms with Crippen LogP contribution in [0.3, 0.4) is 0 Å². The smallest absolute Gasteiger partial charge is 0.0772 e. The van der Waals surface area contributed by atoms with E-state index in [0.717, 1.165) is 11.6 Å². The Kier molecular flexibility index (Phi) is 2.74. The van der Waals surface area contributed by atoms with E-state index >= 15 is 0 Å². The number of hydrogen-bond donors (Lipinski definition) is 2. The lowest BCUT2D eigenvalue weighted by Gasteiger charge is -2.21. The highest BCUT2D eigenvalue weighted by Gasteiger charge is 2.34. The van der Waals surface area contributed by atoms with Crippen molar-refractivity contribution in [2.75, 3.05) is 0 Å². The van der Waals surface area contributed by atoms with E-state index in [1.54, 1.807) is 18.6 Å². The number of hydrogen-bond acceptors (Lipinski definition) is 4. The van der Waals surface area contributed by atoms with Crippen LogP contribution in [0.15, 0.2) is 18.6 Å². The first-order chi connectivity index (χ1) is 6.83. The van der Waals surface area contributed by atoms with Crippen LogP contribution in [0.5, 0.6) is 0 Å². The predicted molar refractivity (Wildman–Crippen MR) is 54.0 cm³/mol. The molecular formula is C10H16N4. The summed E-state index contributed by atoms with van der Waals surface area (Å²) in [6, 6.07) is 0.135. The first kappa shape index (κ1) is 9.55. The molecule has 4 heteroatoms. The van der Waals surface area contributed by atoms with Gasteiger partial charge in [-0.25, -0.2) is 0 Å². The lowest BCUT2D eigenvalue weighted by molar-refractivity contribution is 0.347. The third kappa shape index (κ3) is 1.91. The van der Waals surface area contributed by atoms with E-state index in [4.69, 9.17) is 5.84 Å². The summed E-state index contributed by atoms with van der Waals surface area (Å²) >= 11 is 0. The Hall–Kier alpha value is -1.00. The number of hydrazine groups is 1. The summed E-state index contributed by atoms with van der Waals surface area (Å²) in [6.45, 7) is 2.22. The fourth-order valence-corrected chi connectivity index (χ4v) is 1.87. The Morgan fingerprint density at radius 2 is 2.29 bits per heavy atom. The van der Waals surface area contributed by atoms with Gasteiger partial charge in [0.15, 0.2) is 0 Å². The molecule has 1 heterocycles. The van der Waals surface area contributed by atoms with Crippen molar-refractivity contribution in [2.24, 2.45) is 17.7 Å². The second-order valence-electron chi connectivity index (χ2n) is 3.97. The van der Waals surface area contributed by atoms with Gasteiger partial charge in [-0.3, -0.25) is 21.2 Å². The van der Waals surface area contributed by atoms with Gasteiger partial charge >= 0.3 is 0 Å². The molecule has 1 fully saturated rings. The van der Waals surface area contributed by atoms with Crippen molar-refractivity contribution in [2.45, 2.75) is 25.8 Å². The molecule has 2 rings (SSSR count). The molecule has 1 aromatic heterocycles. The van der Waals surface area contributed by atoms with Gasteiger partial charge in [0.1, 0.15) is 0 Å². The summed E-state index contributed by atoms with van der Waals surface area (Å²) in [5, 5.41) is 0. The fraction of sp³-hybridized carbons (Fsp3) is 0.600. The van der Waals surface area contributed by atoms with Gasteiger partial charge in [-0.15, -0.1) is 0 Å². The first-order valence-electron chi connectivity index (χ1n) is 5.05. The molecule has 0 amide bonds. The highest BCUT2D eigenvalue weighted by molar-refractivity contribution is 5.05. The average Bonchev–Trinajstić information content (AvgIpc) is 3.03. The van der Waals surface area contributed by atoms with Gasteiger partial charge in [0.05, 0.1) is 17.9 Å². The number of nitrogens with one attached hydrogen (secondary N) is 1. The second-order valence-corrected chi connectivity index (χ2v) is 3.97. The van der Waals surface area contributed by atoms with Crippen molar-refractivity contribution in [3.8, 4) is 0 Å². The minimum absolute atomic E-state index is 0.135. The lowest BCUT2D eigenvalue weighted by Crippen LogP contribution is -2.34. The van der Waals surface area contributed by atoms with Crippen LogP contribution in [0, 0.1) is 11.8 Å². The van der Waals surface area contributed by atoms with Gasteiger partial charge in [-0.1, -0.05) is 6.92 Å². The molecule has 0 radical (unpaired) electrons. The van der Waals surface area contributed by atoms with E-state index in [2.05, 4.69) is 22.3 Å².